The second kappa shape index (κ2) is 10.2. The molecule has 2 aromatic rings. The number of rotatable bonds is 6. The first-order chi connectivity index (χ1) is 16.7. The van der Waals surface area contributed by atoms with Crippen molar-refractivity contribution >= 4 is 5.71 Å². The van der Waals surface area contributed by atoms with Gasteiger partial charge in [-0.05, 0) is 62.3 Å². The fraction of sp³-hybridized carbons (Fsp3) is 0.483. The van der Waals surface area contributed by atoms with Crippen LogP contribution in [-0.4, -0.2) is 55.5 Å². The predicted molar refractivity (Wildman–Crippen MR) is 138 cm³/mol. The summed E-state index contributed by atoms with van der Waals surface area (Å²) in [5, 5.41) is 7.75. The van der Waals surface area contributed by atoms with E-state index in [4.69, 9.17) is 14.6 Å². The number of likely N-dealkylation sites (tertiary alicyclic amines) is 1. The maximum Gasteiger partial charge on any atom is 0.161 e. The van der Waals surface area contributed by atoms with Crippen LogP contribution in [0.15, 0.2) is 65.8 Å². The molecule has 1 aliphatic carbocycles. The highest BCUT2D eigenvalue weighted by Gasteiger charge is 2.37. The number of hydrogen-bond acceptors (Lipinski definition) is 5. The third kappa shape index (κ3) is 4.58. The van der Waals surface area contributed by atoms with Gasteiger partial charge in [0.2, 0.25) is 0 Å². The normalized spacial score (nSPS) is 24.3. The first-order valence-electron chi connectivity index (χ1n) is 12.7. The van der Waals surface area contributed by atoms with Crippen LogP contribution in [0, 0.1) is 11.8 Å². The third-order valence-corrected chi connectivity index (χ3v) is 8.00. The summed E-state index contributed by atoms with van der Waals surface area (Å²) in [6, 6.07) is 18.1. The summed E-state index contributed by atoms with van der Waals surface area (Å²) in [6.45, 7) is 5.63. The molecule has 5 nitrogen and oxygen atoms in total. The molecular formula is C29H37N3O2. The number of nitrogens with zero attached hydrogens (tertiary/aromatic N) is 3. The summed E-state index contributed by atoms with van der Waals surface area (Å²) < 4.78 is 11.1. The van der Waals surface area contributed by atoms with Gasteiger partial charge in [0.1, 0.15) is 0 Å². The van der Waals surface area contributed by atoms with Gasteiger partial charge in [0.25, 0.3) is 0 Å². The molecule has 3 aliphatic rings. The van der Waals surface area contributed by atoms with Crippen molar-refractivity contribution in [1.82, 2.24) is 9.91 Å². The summed E-state index contributed by atoms with van der Waals surface area (Å²) in [4.78, 5) is 2.63. The lowest BCUT2D eigenvalue weighted by atomic mass is 9.76. The Hall–Kier alpha value is -2.79. The number of piperidine rings is 1. The number of benzene rings is 2. The molecule has 0 amide bonds. The first-order valence-corrected chi connectivity index (χ1v) is 12.7. The van der Waals surface area contributed by atoms with Crippen molar-refractivity contribution in [2.24, 2.45) is 16.9 Å². The molecule has 0 aromatic heterocycles. The molecule has 0 spiro atoms. The zero-order valence-electron chi connectivity index (χ0n) is 20.7. The smallest absolute Gasteiger partial charge is 0.161 e. The number of fused-ring (bicyclic) bond motifs is 1. The Morgan fingerprint density at radius 1 is 0.912 bits per heavy atom. The molecule has 0 bridgehead atoms. The Labute approximate surface area is 204 Å². The van der Waals surface area contributed by atoms with E-state index in [0.29, 0.717) is 23.9 Å². The Morgan fingerprint density at radius 2 is 1.65 bits per heavy atom. The molecule has 3 atom stereocenters. The standard InChI is InChI=1S/C29H37N3O2/c1-21(22-9-5-4-6-10-22)31-17-15-25(16-18-31)32-20-24-11-7-8-12-26(24)29(30-32)23-13-14-27(33-2)28(19-23)34-3/h4-10,13-14,19,21,24-26H,11-12,15-18,20H2,1-3H3/t21?,24-,26-/m0/s1. The second-order valence-electron chi connectivity index (χ2n) is 9.84. The van der Waals surface area contributed by atoms with E-state index in [1.807, 2.05) is 6.07 Å². The van der Waals surface area contributed by atoms with Crippen LogP contribution in [0.4, 0.5) is 0 Å². The quantitative estimate of drug-likeness (QED) is 0.532. The number of ether oxygens (including phenoxy) is 2. The van der Waals surface area contributed by atoms with Gasteiger partial charge in [0, 0.05) is 43.2 Å². The molecular weight excluding hydrogens is 422 g/mol. The van der Waals surface area contributed by atoms with E-state index in [1.54, 1.807) is 14.2 Å². The van der Waals surface area contributed by atoms with E-state index in [0.717, 1.165) is 62.4 Å². The van der Waals surface area contributed by atoms with Gasteiger partial charge < -0.3 is 9.47 Å². The monoisotopic (exact) mass is 459 g/mol. The van der Waals surface area contributed by atoms with Gasteiger partial charge in [-0.25, -0.2) is 0 Å². The van der Waals surface area contributed by atoms with Crippen LogP contribution < -0.4 is 9.47 Å². The highest BCUT2D eigenvalue weighted by Crippen LogP contribution is 2.38. The average molecular weight is 460 g/mol. The lowest BCUT2D eigenvalue weighted by molar-refractivity contribution is 0.0671. The largest absolute Gasteiger partial charge is 0.493 e. The van der Waals surface area contributed by atoms with Crippen molar-refractivity contribution < 1.29 is 9.47 Å². The molecule has 1 saturated heterocycles. The van der Waals surface area contributed by atoms with Gasteiger partial charge in [-0.1, -0.05) is 42.5 Å². The summed E-state index contributed by atoms with van der Waals surface area (Å²) in [5.41, 5.74) is 3.77. The minimum atomic E-state index is 0.460. The lowest BCUT2D eigenvalue weighted by Crippen LogP contribution is -2.49. The Balaban J connectivity index is 1.35. The van der Waals surface area contributed by atoms with E-state index in [-0.39, 0.29) is 0 Å². The van der Waals surface area contributed by atoms with Crippen LogP contribution in [0.3, 0.4) is 0 Å². The van der Waals surface area contributed by atoms with Crippen molar-refractivity contribution in [3.05, 3.63) is 71.8 Å². The Bertz CT molecular complexity index is 1030. The molecule has 1 unspecified atom stereocenters. The Kier molecular flexibility index (Phi) is 6.91. The molecule has 1 fully saturated rings. The minimum absolute atomic E-state index is 0.460. The SMILES string of the molecule is COc1ccc(C2=NN(C3CCN(C(C)c4ccccc4)CC3)C[C@@H]3CC=CC[C@H]23)cc1OC. The van der Waals surface area contributed by atoms with Gasteiger partial charge in [-0.2, -0.15) is 5.10 Å². The number of allylic oxidation sites excluding steroid dienone is 2. The summed E-state index contributed by atoms with van der Waals surface area (Å²) in [7, 11) is 3.39. The van der Waals surface area contributed by atoms with E-state index in [2.05, 4.69) is 71.4 Å². The van der Waals surface area contributed by atoms with Crippen molar-refractivity contribution in [2.75, 3.05) is 33.9 Å². The fourth-order valence-electron chi connectivity index (χ4n) is 5.91. The van der Waals surface area contributed by atoms with Crippen molar-refractivity contribution in [3.8, 4) is 11.5 Å². The van der Waals surface area contributed by atoms with Gasteiger partial charge in [-0.15, -0.1) is 0 Å². The van der Waals surface area contributed by atoms with Crippen LogP contribution in [0.1, 0.15) is 49.8 Å². The second-order valence-corrected chi connectivity index (χ2v) is 9.84. The molecule has 180 valence electrons. The van der Waals surface area contributed by atoms with Gasteiger partial charge >= 0.3 is 0 Å². The summed E-state index contributed by atoms with van der Waals surface area (Å²) >= 11 is 0. The summed E-state index contributed by atoms with van der Waals surface area (Å²) in [5.74, 6) is 2.62. The average Bonchev–Trinajstić information content (AvgIpc) is 2.92. The molecule has 0 N–H and O–H groups in total. The topological polar surface area (TPSA) is 37.3 Å². The van der Waals surface area contributed by atoms with E-state index < -0.39 is 0 Å². The number of hydrazone groups is 1. The molecule has 34 heavy (non-hydrogen) atoms. The molecule has 2 aliphatic heterocycles. The zero-order chi connectivity index (χ0) is 23.5. The van der Waals surface area contributed by atoms with Crippen LogP contribution in [0.2, 0.25) is 0 Å². The molecule has 5 rings (SSSR count). The fourth-order valence-corrected chi connectivity index (χ4v) is 5.91. The predicted octanol–water partition coefficient (Wildman–Crippen LogP) is 5.53. The number of methoxy groups -OCH3 is 2. The van der Waals surface area contributed by atoms with E-state index >= 15 is 0 Å². The third-order valence-electron chi connectivity index (χ3n) is 8.00. The van der Waals surface area contributed by atoms with Crippen LogP contribution in [-0.2, 0) is 0 Å². The highest BCUT2D eigenvalue weighted by atomic mass is 16.5. The molecule has 0 radical (unpaired) electrons. The summed E-state index contributed by atoms with van der Waals surface area (Å²) in [6.07, 6.45) is 9.22. The molecule has 0 saturated carbocycles. The van der Waals surface area contributed by atoms with Crippen LogP contribution >= 0.6 is 0 Å². The number of hydrogen-bond donors (Lipinski definition) is 0. The van der Waals surface area contributed by atoms with E-state index in [1.165, 1.54) is 11.3 Å². The maximum absolute atomic E-state index is 5.60. The maximum atomic E-state index is 5.60. The molecule has 2 heterocycles. The Morgan fingerprint density at radius 3 is 2.38 bits per heavy atom. The van der Waals surface area contributed by atoms with Crippen LogP contribution in [0.25, 0.3) is 0 Å². The lowest BCUT2D eigenvalue weighted by Gasteiger charge is -2.45. The highest BCUT2D eigenvalue weighted by molar-refractivity contribution is 6.03. The van der Waals surface area contributed by atoms with Gasteiger partial charge in [0.15, 0.2) is 11.5 Å². The van der Waals surface area contributed by atoms with Gasteiger partial charge in [0.05, 0.1) is 19.9 Å². The minimum Gasteiger partial charge on any atom is -0.493 e. The zero-order valence-corrected chi connectivity index (χ0v) is 20.7. The van der Waals surface area contributed by atoms with E-state index in [9.17, 15) is 0 Å². The van der Waals surface area contributed by atoms with Crippen molar-refractivity contribution in [3.63, 3.8) is 0 Å². The molecule has 2 aromatic carbocycles. The van der Waals surface area contributed by atoms with Crippen molar-refractivity contribution in [2.45, 2.75) is 44.7 Å². The van der Waals surface area contributed by atoms with Crippen molar-refractivity contribution in [1.29, 1.82) is 0 Å². The molecule has 5 heteroatoms. The van der Waals surface area contributed by atoms with Crippen LogP contribution in [0.5, 0.6) is 11.5 Å². The van der Waals surface area contributed by atoms with Gasteiger partial charge in [-0.3, -0.25) is 9.91 Å². The first kappa shape index (κ1) is 23.0.